The summed E-state index contributed by atoms with van der Waals surface area (Å²) >= 11 is 1.04. The van der Waals surface area contributed by atoms with Gasteiger partial charge in [-0.15, -0.1) is 19.0 Å². The number of ether oxygens (including phenoxy) is 3. The number of alkyl halides is 2. The zero-order valence-corrected chi connectivity index (χ0v) is 17.3. The minimum Gasteiger partial charge on any atom is -0.484 e. The fraction of sp³-hybridized carbons (Fsp3) is 0.250. The molecule has 3 aromatic rings. The average Bonchev–Trinajstić information content (AvgIpc) is 3.29. The minimum absolute atomic E-state index is 0.0237. The van der Waals surface area contributed by atoms with E-state index in [1.807, 2.05) is 32.0 Å². The summed E-state index contributed by atoms with van der Waals surface area (Å²) in [5.74, 6) is 0.347. The van der Waals surface area contributed by atoms with E-state index in [4.69, 9.17) is 9.15 Å². The molecule has 0 radical (unpaired) electrons. The Morgan fingerprint density at radius 3 is 2.77 bits per heavy atom. The van der Waals surface area contributed by atoms with Crippen LogP contribution in [0.1, 0.15) is 17.0 Å². The molecule has 0 bridgehead atoms. The smallest absolute Gasteiger partial charge is 0.484 e. The normalized spacial score (nSPS) is 13.8. The Labute approximate surface area is 179 Å². The number of carbonyl (C=O) groups is 1. The van der Waals surface area contributed by atoms with Crippen LogP contribution in [0.4, 0.5) is 14.5 Å². The van der Waals surface area contributed by atoms with Gasteiger partial charge in [0.05, 0.1) is 5.75 Å². The van der Waals surface area contributed by atoms with Crippen molar-refractivity contribution in [3.63, 3.8) is 0 Å². The first-order valence-corrected chi connectivity index (χ1v) is 10.1. The number of benzene rings is 2. The van der Waals surface area contributed by atoms with Gasteiger partial charge in [0.2, 0.25) is 5.91 Å². The number of anilines is 1. The Bertz CT molecular complexity index is 1120. The van der Waals surface area contributed by atoms with Crippen LogP contribution in [0.25, 0.3) is 0 Å². The number of nitrogens with one attached hydrogen (secondary N) is 1. The van der Waals surface area contributed by atoms with E-state index in [2.05, 4.69) is 25.0 Å². The summed E-state index contributed by atoms with van der Waals surface area (Å²) in [6.45, 7) is 4.01. The van der Waals surface area contributed by atoms with Gasteiger partial charge < -0.3 is 23.9 Å². The maximum Gasteiger partial charge on any atom is 0.586 e. The number of rotatable bonds is 7. The van der Waals surface area contributed by atoms with E-state index >= 15 is 0 Å². The van der Waals surface area contributed by atoms with Gasteiger partial charge in [-0.2, -0.15) is 0 Å². The van der Waals surface area contributed by atoms with Crippen molar-refractivity contribution < 1.29 is 32.2 Å². The summed E-state index contributed by atoms with van der Waals surface area (Å²) in [6.07, 6.45) is -3.71. The standard InChI is InChI=1S/C20H17F2N3O5S/c1-11-3-4-12(2)15(7-11)27-9-18-24-25-19(28-18)31-10-17(26)23-13-5-6-14-16(8-13)30-20(21,22)29-14/h3-8H,9-10H2,1-2H3,(H,23,26). The van der Waals surface area contributed by atoms with Crippen LogP contribution in [0.15, 0.2) is 46.0 Å². The fourth-order valence-electron chi connectivity index (χ4n) is 2.71. The van der Waals surface area contributed by atoms with Gasteiger partial charge in [-0.25, -0.2) is 0 Å². The zero-order chi connectivity index (χ0) is 22.0. The van der Waals surface area contributed by atoms with Gasteiger partial charge in [0.15, 0.2) is 18.1 Å². The molecular formula is C20H17F2N3O5S. The lowest BCUT2D eigenvalue weighted by molar-refractivity contribution is -0.286. The van der Waals surface area contributed by atoms with Crippen molar-refractivity contribution in [3.8, 4) is 17.2 Å². The van der Waals surface area contributed by atoms with E-state index in [0.29, 0.717) is 5.69 Å². The topological polar surface area (TPSA) is 95.7 Å². The van der Waals surface area contributed by atoms with Crippen LogP contribution in [-0.2, 0) is 11.4 Å². The number of amides is 1. The van der Waals surface area contributed by atoms with Gasteiger partial charge in [-0.1, -0.05) is 23.9 Å². The predicted octanol–water partition coefficient (Wildman–Crippen LogP) is 4.32. The number of aryl methyl sites for hydroxylation is 2. The van der Waals surface area contributed by atoms with Crippen LogP contribution < -0.4 is 19.5 Å². The SMILES string of the molecule is Cc1ccc(C)c(OCc2nnc(SCC(=O)Nc3ccc4c(c3)OC(F)(F)O4)o2)c1. The maximum absolute atomic E-state index is 13.1. The third kappa shape index (κ3) is 5.23. The van der Waals surface area contributed by atoms with Gasteiger partial charge in [0.25, 0.3) is 11.1 Å². The number of aromatic nitrogens is 2. The molecule has 0 atom stereocenters. The van der Waals surface area contributed by atoms with Gasteiger partial charge in [-0.05, 0) is 43.2 Å². The third-order valence-corrected chi connectivity index (χ3v) is 4.97. The predicted molar refractivity (Wildman–Crippen MR) is 107 cm³/mol. The summed E-state index contributed by atoms with van der Waals surface area (Å²) < 4.78 is 46.0. The number of nitrogens with zero attached hydrogens (tertiary/aromatic N) is 2. The van der Waals surface area contributed by atoms with Crippen LogP contribution >= 0.6 is 11.8 Å². The van der Waals surface area contributed by atoms with Crippen LogP contribution in [0.2, 0.25) is 0 Å². The second kappa shape index (κ2) is 8.42. The molecule has 0 saturated heterocycles. The van der Waals surface area contributed by atoms with E-state index in [1.54, 1.807) is 0 Å². The van der Waals surface area contributed by atoms with Crippen LogP contribution in [0.3, 0.4) is 0 Å². The van der Waals surface area contributed by atoms with E-state index in [1.165, 1.54) is 18.2 Å². The summed E-state index contributed by atoms with van der Waals surface area (Å²) in [6, 6.07) is 9.86. The molecule has 31 heavy (non-hydrogen) atoms. The summed E-state index contributed by atoms with van der Waals surface area (Å²) in [5.41, 5.74) is 2.35. The molecule has 0 spiro atoms. The highest BCUT2D eigenvalue weighted by Gasteiger charge is 2.43. The largest absolute Gasteiger partial charge is 0.586 e. The molecule has 1 aliphatic rings. The Morgan fingerprint density at radius 1 is 1.13 bits per heavy atom. The van der Waals surface area contributed by atoms with E-state index in [-0.39, 0.29) is 40.9 Å². The number of hydrogen-bond donors (Lipinski definition) is 1. The molecule has 0 unspecified atom stereocenters. The van der Waals surface area contributed by atoms with Crippen molar-refractivity contribution in [1.82, 2.24) is 10.2 Å². The van der Waals surface area contributed by atoms with Crippen molar-refractivity contribution in [2.24, 2.45) is 0 Å². The Balaban J connectivity index is 1.27. The quantitative estimate of drug-likeness (QED) is 0.533. The van der Waals surface area contributed by atoms with Gasteiger partial charge >= 0.3 is 6.29 Å². The Morgan fingerprint density at radius 2 is 1.94 bits per heavy atom. The molecule has 2 aromatic carbocycles. The van der Waals surface area contributed by atoms with Crippen molar-refractivity contribution in [1.29, 1.82) is 0 Å². The summed E-state index contributed by atoms with van der Waals surface area (Å²) in [7, 11) is 0. The molecule has 0 saturated carbocycles. The van der Waals surface area contributed by atoms with Crippen LogP contribution in [0.5, 0.6) is 17.2 Å². The van der Waals surface area contributed by atoms with Crippen molar-refractivity contribution in [3.05, 3.63) is 53.4 Å². The van der Waals surface area contributed by atoms with E-state index in [9.17, 15) is 13.6 Å². The summed E-state index contributed by atoms with van der Waals surface area (Å²) in [4.78, 5) is 12.1. The van der Waals surface area contributed by atoms with Gasteiger partial charge in [-0.3, -0.25) is 4.79 Å². The average molecular weight is 449 g/mol. The first-order valence-electron chi connectivity index (χ1n) is 9.12. The zero-order valence-electron chi connectivity index (χ0n) is 16.5. The van der Waals surface area contributed by atoms with Gasteiger partial charge in [0.1, 0.15) is 5.75 Å². The molecule has 4 rings (SSSR count). The number of fused-ring (bicyclic) bond motifs is 1. The van der Waals surface area contributed by atoms with E-state index < -0.39 is 6.29 Å². The lowest BCUT2D eigenvalue weighted by Crippen LogP contribution is -2.25. The number of thioether (sulfide) groups is 1. The maximum atomic E-state index is 13.1. The lowest BCUT2D eigenvalue weighted by Gasteiger charge is -2.07. The first-order chi connectivity index (χ1) is 14.8. The second-order valence-electron chi connectivity index (χ2n) is 6.69. The van der Waals surface area contributed by atoms with Crippen molar-refractivity contribution >= 4 is 23.4 Å². The third-order valence-electron chi connectivity index (χ3n) is 4.15. The molecule has 1 aliphatic heterocycles. The van der Waals surface area contributed by atoms with E-state index in [0.717, 1.165) is 28.6 Å². The molecule has 162 valence electrons. The lowest BCUT2D eigenvalue weighted by atomic mass is 10.1. The minimum atomic E-state index is -3.71. The monoisotopic (exact) mass is 449 g/mol. The highest BCUT2D eigenvalue weighted by Crippen LogP contribution is 2.42. The summed E-state index contributed by atoms with van der Waals surface area (Å²) in [5, 5.41) is 10.6. The highest BCUT2D eigenvalue weighted by molar-refractivity contribution is 7.99. The number of carbonyl (C=O) groups excluding carboxylic acids is 1. The molecule has 0 aliphatic carbocycles. The Hall–Kier alpha value is -3.34. The Kier molecular flexibility index (Phi) is 5.68. The number of halogens is 2. The molecule has 1 amide bonds. The number of hydrogen-bond acceptors (Lipinski definition) is 8. The molecule has 8 nitrogen and oxygen atoms in total. The molecule has 0 fully saturated rings. The van der Waals surface area contributed by atoms with Crippen LogP contribution in [-0.4, -0.2) is 28.2 Å². The molecule has 1 N–H and O–H groups in total. The first kappa shape index (κ1) is 20.9. The molecule has 1 aromatic heterocycles. The fourth-order valence-corrected chi connectivity index (χ4v) is 3.29. The van der Waals surface area contributed by atoms with Crippen molar-refractivity contribution in [2.45, 2.75) is 32.0 Å². The van der Waals surface area contributed by atoms with Gasteiger partial charge in [0, 0.05) is 11.8 Å². The van der Waals surface area contributed by atoms with Crippen LogP contribution in [0, 0.1) is 13.8 Å². The molecule has 11 heteroatoms. The highest BCUT2D eigenvalue weighted by atomic mass is 32.2. The van der Waals surface area contributed by atoms with Crippen molar-refractivity contribution in [2.75, 3.05) is 11.1 Å². The second-order valence-corrected chi connectivity index (χ2v) is 7.61. The molecular weight excluding hydrogens is 432 g/mol. The molecule has 2 heterocycles.